The maximum Gasteiger partial charge on any atom is 0.179 e. The minimum absolute atomic E-state index is 0.748. The van der Waals surface area contributed by atoms with Crippen LogP contribution < -0.4 is 0 Å². The second-order valence-electron chi connectivity index (χ2n) is 4.14. The van der Waals surface area contributed by atoms with Gasteiger partial charge in [-0.2, -0.15) is 11.8 Å². The van der Waals surface area contributed by atoms with Gasteiger partial charge in [-0.05, 0) is 48.2 Å². The molecule has 0 aromatic carbocycles. The van der Waals surface area contributed by atoms with E-state index in [1.165, 1.54) is 17.9 Å². The van der Waals surface area contributed by atoms with Gasteiger partial charge < -0.3 is 9.55 Å². The lowest BCUT2D eigenvalue weighted by atomic mass is 10.1. The van der Waals surface area contributed by atoms with Gasteiger partial charge in [-0.1, -0.05) is 0 Å². The summed E-state index contributed by atoms with van der Waals surface area (Å²) in [6, 6.07) is 3.96. The van der Waals surface area contributed by atoms with Crippen LogP contribution in [0.15, 0.2) is 18.3 Å². The van der Waals surface area contributed by atoms with Gasteiger partial charge in [-0.3, -0.25) is 0 Å². The molecule has 3 heterocycles. The van der Waals surface area contributed by atoms with E-state index in [1.54, 1.807) is 0 Å². The Labute approximate surface area is 103 Å². The topological polar surface area (TPSA) is 33.6 Å². The Morgan fingerprint density at radius 2 is 2.56 bits per heavy atom. The van der Waals surface area contributed by atoms with Gasteiger partial charge in [0, 0.05) is 12.7 Å². The Kier molecular flexibility index (Phi) is 2.73. The molecule has 0 spiro atoms. The van der Waals surface area contributed by atoms with Crippen molar-refractivity contribution in [3.63, 3.8) is 0 Å². The second-order valence-corrected chi connectivity index (χ2v) is 5.68. The number of imidazole rings is 1. The van der Waals surface area contributed by atoms with Crippen molar-refractivity contribution in [3.8, 4) is 0 Å². The SMILES string of the molecule is S=c1[nH]c2cccnc2n1CC1CCSC1. The number of aromatic amines is 1. The van der Waals surface area contributed by atoms with E-state index >= 15 is 0 Å². The Bertz CT molecular complexity index is 552. The number of hydrogen-bond donors (Lipinski definition) is 1. The Morgan fingerprint density at radius 3 is 3.38 bits per heavy atom. The highest BCUT2D eigenvalue weighted by Gasteiger charge is 2.17. The van der Waals surface area contributed by atoms with Gasteiger partial charge in [0.15, 0.2) is 10.4 Å². The summed E-state index contributed by atoms with van der Waals surface area (Å²) in [5, 5.41) is 0. The minimum atomic E-state index is 0.748. The first kappa shape index (κ1) is 10.4. The molecule has 3 nitrogen and oxygen atoms in total. The monoisotopic (exact) mass is 251 g/mol. The Morgan fingerprint density at radius 1 is 1.62 bits per heavy atom. The molecular formula is C11H13N3S2. The highest BCUT2D eigenvalue weighted by atomic mass is 32.2. The zero-order valence-corrected chi connectivity index (χ0v) is 10.5. The van der Waals surface area contributed by atoms with Crippen LogP contribution in [0.1, 0.15) is 6.42 Å². The van der Waals surface area contributed by atoms with Gasteiger partial charge in [-0.25, -0.2) is 4.98 Å². The first-order valence-corrected chi connectivity index (χ1v) is 7.02. The van der Waals surface area contributed by atoms with Crippen LogP contribution in [0.25, 0.3) is 11.2 Å². The van der Waals surface area contributed by atoms with Gasteiger partial charge >= 0.3 is 0 Å². The Balaban J connectivity index is 2.01. The Hall–Kier alpha value is -0.810. The van der Waals surface area contributed by atoms with E-state index < -0.39 is 0 Å². The summed E-state index contributed by atoms with van der Waals surface area (Å²) in [7, 11) is 0. The molecule has 3 rings (SSSR count). The van der Waals surface area contributed by atoms with E-state index in [2.05, 4.69) is 14.5 Å². The molecule has 0 saturated carbocycles. The molecule has 1 unspecified atom stereocenters. The van der Waals surface area contributed by atoms with Crippen LogP contribution in [0, 0.1) is 10.7 Å². The molecule has 0 radical (unpaired) electrons. The zero-order chi connectivity index (χ0) is 11.0. The molecule has 1 atom stereocenters. The largest absolute Gasteiger partial charge is 0.329 e. The summed E-state index contributed by atoms with van der Waals surface area (Å²) in [5.74, 6) is 3.28. The fourth-order valence-corrected chi connectivity index (χ4v) is 3.69. The van der Waals surface area contributed by atoms with Gasteiger partial charge in [-0.15, -0.1) is 0 Å². The molecule has 1 fully saturated rings. The number of nitrogens with zero attached hydrogens (tertiary/aromatic N) is 2. The molecule has 2 aromatic rings. The summed E-state index contributed by atoms with van der Waals surface area (Å²) in [5.41, 5.74) is 2.03. The van der Waals surface area contributed by atoms with Crippen molar-refractivity contribution >= 4 is 35.1 Å². The number of fused-ring (bicyclic) bond motifs is 1. The van der Waals surface area contributed by atoms with E-state index in [0.717, 1.165) is 28.4 Å². The molecule has 1 aliphatic rings. The van der Waals surface area contributed by atoms with Gasteiger partial charge in [0.25, 0.3) is 0 Å². The van der Waals surface area contributed by atoms with E-state index in [-0.39, 0.29) is 0 Å². The zero-order valence-electron chi connectivity index (χ0n) is 8.85. The predicted molar refractivity (Wildman–Crippen MR) is 70.3 cm³/mol. The van der Waals surface area contributed by atoms with Crippen LogP contribution in [0.5, 0.6) is 0 Å². The minimum Gasteiger partial charge on any atom is -0.329 e. The summed E-state index contributed by atoms with van der Waals surface area (Å²) < 4.78 is 2.94. The third kappa shape index (κ3) is 1.78. The lowest BCUT2D eigenvalue weighted by Crippen LogP contribution is -2.10. The van der Waals surface area contributed by atoms with Crippen LogP contribution in [-0.2, 0) is 6.54 Å². The average molecular weight is 251 g/mol. The third-order valence-electron chi connectivity index (χ3n) is 2.99. The fraction of sp³-hybridized carbons (Fsp3) is 0.455. The van der Waals surface area contributed by atoms with Crippen LogP contribution in [-0.4, -0.2) is 26.0 Å². The molecule has 0 bridgehead atoms. The molecule has 1 N–H and O–H groups in total. The first-order chi connectivity index (χ1) is 7.84. The second kappa shape index (κ2) is 4.22. The third-order valence-corrected chi connectivity index (χ3v) is 4.55. The smallest absolute Gasteiger partial charge is 0.179 e. The maximum absolute atomic E-state index is 5.35. The lowest BCUT2D eigenvalue weighted by Gasteiger charge is -2.09. The quantitative estimate of drug-likeness (QED) is 0.833. The number of H-pyrrole nitrogens is 1. The summed E-state index contributed by atoms with van der Waals surface area (Å²) in [4.78, 5) is 7.61. The number of nitrogens with one attached hydrogen (secondary N) is 1. The maximum atomic E-state index is 5.35. The van der Waals surface area contributed by atoms with Crippen molar-refractivity contribution in [2.75, 3.05) is 11.5 Å². The lowest BCUT2D eigenvalue weighted by molar-refractivity contribution is 0.496. The van der Waals surface area contributed by atoms with Gasteiger partial charge in [0.05, 0.1) is 5.52 Å². The van der Waals surface area contributed by atoms with Crippen molar-refractivity contribution in [1.29, 1.82) is 0 Å². The number of rotatable bonds is 2. The molecule has 16 heavy (non-hydrogen) atoms. The predicted octanol–water partition coefficient (Wildman–Crippen LogP) is 2.85. The molecule has 0 aliphatic carbocycles. The molecule has 5 heteroatoms. The van der Waals surface area contributed by atoms with Crippen molar-refractivity contribution in [2.45, 2.75) is 13.0 Å². The van der Waals surface area contributed by atoms with Crippen LogP contribution in [0.3, 0.4) is 0 Å². The molecule has 0 amide bonds. The number of hydrogen-bond acceptors (Lipinski definition) is 3. The fourth-order valence-electron chi connectivity index (χ4n) is 2.14. The summed E-state index contributed by atoms with van der Waals surface area (Å²) in [6.45, 7) is 1.00. The standard InChI is InChI=1S/C11H13N3S2/c15-11-13-9-2-1-4-12-10(9)14(11)6-8-3-5-16-7-8/h1-2,4,8H,3,5-7H2,(H,13,15). The van der Waals surface area contributed by atoms with Crippen LogP contribution in [0.4, 0.5) is 0 Å². The van der Waals surface area contributed by atoms with E-state index in [0.29, 0.717) is 0 Å². The van der Waals surface area contributed by atoms with Crippen molar-refractivity contribution < 1.29 is 0 Å². The molecule has 1 aliphatic heterocycles. The van der Waals surface area contributed by atoms with Crippen LogP contribution in [0.2, 0.25) is 0 Å². The van der Waals surface area contributed by atoms with Crippen molar-refractivity contribution in [1.82, 2.24) is 14.5 Å². The highest BCUT2D eigenvalue weighted by molar-refractivity contribution is 7.99. The van der Waals surface area contributed by atoms with Crippen molar-refractivity contribution in [2.24, 2.45) is 5.92 Å². The van der Waals surface area contributed by atoms with E-state index in [9.17, 15) is 0 Å². The van der Waals surface area contributed by atoms with Gasteiger partial charge in [0.1, 0.15) is 0 Å². The van der Waals surface area contributed by atoms with Crippen LogP contribution >= 0.6 is 24.0 Å². The molecular weight excluding hydrogens is 238 g/mol. The number of pyridine rings is 1. The average Bonchev–Trinajstić information content (AvgIpc) is 2.89. The number of aromatic nitrogens is 3. The normalized spacial score (nSPS) is 20.6. The first-order valence-electron chi connectivity index (χ1n) is 5.46. The van der Waals surface area contributed by atoms with Gasteiger partial charge in [0.2, 0.25) is 0 Å². The molecule has 84 valence electrons. The molecule has 1 saturated heterocycles. The van der Waals surface area contributed by atoms with E-state index in [1.807, 2.05) is 30.1 Å². The van der Waals surface area contributed by atoms with Crippen molar-refractivity contribution in [3.05, 3.63) is 23.1 Å². The summed E-state index contributed by atoms with van der Waals surface area (Å²) >= 11 is 7.39. The summed E-state index contributed by atoms with van der Waals surface area (Å²) in [6.07, 6.45) is 3.12. The number of thioether (sulfide) groups is 1. The van der Waals surface area contributed by atoms with E-state index in [4.69, 9.17) is 12.2 Å². The molecule has 2 aromatic heterocycles. The highest BCUT2D eigenvalue weighted by Crippen LogP contribution is 2.26.